The molecule has 3 aromatic carbocycles. The summed E-state index contributed by atoms with van der Waals surface area (Å²) in [5.41, 5.74) is 2.06. The molecule has 146 valence electrons. The topological polar surface area (TPSA) is 41.9 Å². The molecule has 3 aromatic rings. The van der Waals surface area contributed by atoms with Gasteiger partial charge in [-0.1, -0.05) is 42.8 Å². The third-order valence-electron chi connectivity index (χ3n) is 5.70. The molecule has 28 heavy (non-hydrogen) atoms. The van der Waals surface area contributed by atoms with E-state index in [1.54, 1.807) is 14.2 Å². The molecular formula is C24H27NO3. The number of methoxy groups -OCH3 is 2. The van der Waals surface area contributed by atoms with E-state index in [4.69, 9.17) is 9.47 Å². The van der Waals surface area contributed by atoms with Crippen LogP contribution in [0.3, 0.4) is 0 Å². The van der Waals surface area contributed by atoms with Crippen molar-refractivity contribution in [3.63, 3.8) is 0 Å². The van der Waals surface area contributed by atoms with Gasteiger partial charge in [0.15, 0.2) is 0 Å². The van der Waals surface area contributed by atoms with Crippen LogP contribution in [0.1, 0.15) is 36.4 Å². The van der Waals surface area contributed by atoms with Gasteiger partial charge in [-0.3, -0.25) is 4.90 Å². The predicted octanol–water partition coefficient (Wildman–Crippen LogP) is 5.14. The van der Waals surface area contributed by atoms with Gasteiger partial charge < -0.3 is 14.6 Å². The minimum atomic E-state index is -0.00833. The van der Waals surface area contributed by atoms with Gasteiger partial charge in [0.1, 0.15) is 17.2 Å². The predicted molar refractivity (Wildman–Crippen MR) is 112 cm³/mol. The Morgan fingerprint density at radius 1 is 0.857 bits per heavy atom. The molecular weight excluding hydrogens is 350 g/mol. The first-order valence-electron chi connectivity index (χ1n) is 9.89. The Bertz CT molecular complexity index is 963. The molecule has 0 spiro atoms. The van der Waals surface area contributed by atoms with Gasteiger partial charge in [0, 0.05) is 16.3 Å². The summed E-state index contributed by atoms with van der Waals surface area (Å²) in [4.78, 5) is 2.47. The van der Waals surface area contributed by atoms with Crippen LogP contribution < -0.4 is 9.47 Å². The first-order chi connectivity index (χ1) is 13.7. The molecule has 1 fully saturated rings. The summed E-state index contributed by atoms with van der Waals surface area (Å²) in [5, 5.41) is 13.0. The van der Waals surface area contributed by atoms with Crippen molar-refractivity contribution in [1.29, 1.82) is 0 Å². The molecule has 4 rings (SSSR count). The molecule has 4 nitrogen and oxygen atoms in total. The molecule has 1 aliphatic heterocycles. The molecule has 0 unspecified atom stereocenters. The van der Waals surface area contributed by atoms with E-state index in [9.17, 15) is 5.11 Å². The van der Waals surface area contributed by atoms with Crippen molar-refractivity contribution in [2.24, 2.45) is 0 Å². The van der Waals surface area contributed by atoms with Gasteiger partial charge in [-0.15, -0.1) is 0 Å². The zero-order valence-corrected chi connectivity index (χ0v) is 16.5. The minimum absolute atomic E-state index is 0.00833. The highest BCUT2D eigenvalue weighted by atomic mass is 16.5. The second-order valence-corrected chi connectivity index (χ2v) is 7.33. The highest BCUT2D eigenvalue weighted by molar-refractivity contribution is 5.94. The highest BCUT2D eigenvalue weighted by Crippen LogP contribution is 2.42. The Morgan fingerprint density at radius 2 is 1.64 bits per heavy atom. The number of piperidine rings is 1. The summed E-state index contributed by atoms with van der Waals surface area (Å²) in [6, 6.07) is 18.1. The smallest absolute Gasteiger partial charge is 0.128 e. The van der Waals surface area contributed by atoms with Crippen LogP contribution in [0, 0.1) is 0 Å². The van der Waals surface area contributed by atoms with E-state index >= 15 is 0 Å². The van der Waals surface area contributed by atoms with E-state index in [1.165, 1.54) is 19.3 Å². The average Bonchev–Trinajstić information content (AvgIpc) is 2.76. The number of likely N-dealkylation sites (tertiary alicyclic amines) is 1. The molecule has 1 N–H and O–H groups in total. The second-order valence-electron chi connectivity index (χ2n) is 7.33. The van der Waals surface area contributed by atoms with Gasteiger partial charge in [0.25, 0.3) is 0 Å². The van der Waals surface area contributed by atoms with Gasteiger partial charge in [-0.2, -0.15) is 0 Å². The van der Waals surface area contributed by atoms with E-state index in [-0.39, 0.29) is 6.04 Å². The molecule has 1 saturated heterocycles. The maximum Gasteiger partial charge on any atom is 0.128 e. The van der Waals surface area contributed by atoms with Crippen LogP contribution in [0.2, 0.25) is 0 Å². The zero-order valence-electron chi connectivity index (χ0n) is 16.5. The molecule has 4 heteroatoms. The largest absolute Gasteiger partial charge is 0.507 e. The summed E-state index contributed by atoms with van der Waals surface area (Å²) in [5.74, 6) is 1.94. The molecule has 0 amide bonds. The van der Waals surface area contributed by atoms with Gasteiger partial charge in [0.2, 0.25) is 0 Å². The Hall–Kier alpha value is -2.72. The lowest BCUT2D eigenvalue weighted by Gasteiger charge is -2.35. The maximum atomic E-state index is 11.2. The van der Waals surface area contributed by atoms with Crippen molar-refractivity contribution in [2.45, 2.75) is 25.3 Å². The van der Waals surface area contributed by atoms with Gasteiger partial charge >= 0.3 is 0 Å². The SMILES string of the molecule is COc1cccc([C@@H](c2ccc3c(OC)cccc3c2O)N2CCCCC2)c1. The summed E-state index contributed by atoms with van der Waals surface area (Å²) in [7, 11) is 3.35. The van der Waals surface area contributed by atoms with Crippen molar-refractivity contribution < 1.29 is 14.6 Å². The van der Waals surface area contributed by atoms with Crippen LogP contribution in [-0.4, -0.2) is 37.3 Å². The van der Waals surface area contributed by atoms with Crippen molar-refractivity contribution >= 4 is 10.8 Å². The molecule has 1 atom stereocenters. The Balaban J connectivity index is 1.87. The minimum Gasteiger partial charge on any atom is -0.507 e. The van der Waals surface area contributed by atoms with Crippen LogP contribution >= 0.6 is 0 Å². The molecule has 1 aliphatic rings. The van der Waals surface area contributed by atoms with E-state index in [2.05, 4.69) is 23.1 Å². The second kappa shape index (κ2) is 8.11. The van der Waals surface area contributed by atoms with Crippen LogP contribution in [0.4, 0.5) is 0 Å². The zero-order chi connectivity index (χ0) is 19.5. The van der Waals surface area contributed by atoms with E-state index < -0.39 is 0 Å². The van der Waals surface area contributed by atoms with Crippen molar-refractivity contribution in [1.82, 2.24) is 4.90 Å². The number of hydrogen-bond donors (Lipinski definition) is 1. The number of fused-ring (bicyclic) bond motifs is 1. The van der Waals surface area contributed by atoms with Gasteiger partial charge in [-0.05, 0) is 49.7 Å². The molecule has 0 radical (unpaired) electrons. The Morgan fingerprint density at radius 3 is 2.39 bits per heavy atom. The maximum absolute atomic E-state index is 11.2. The molecule has 1 heterocycles. The van der Waals surface area contributed by atoms with Gasteiger partial charge in [0.05, 0.1) is 20.3 Å². The molecule has 0 aliphatic carbocycles. The third-order valence-corrected chi connectivity index (χ3v) is 5.70. The summed E-state index contributed by atoms with van der Waals surface area (Å²) >= 11 is 0. The lowest BCUT2D eigenvalue weighted by atomic mass is 9.92. The van der Waals surface area contributed by atoms with Crippen LogP contribution in [-0.2, 0) is 0 Å². The number of hydrogen-bond acceptors (Lipinski definition) is 4. The average molecular weight is 377 g/mol. The number of nitrogens with zero attached hydrogens (tertiary/aromatic N) is 1. The lowest BCUT2D eigenvalue weighted by molar-refractivity contribution is 0.185. The molecule has 0 bridgehead atoms. The molecule has 0 aromatic heterocycles. The Kier molecular flexibility index (Phi) is 5.40. The number of benzene rings is 3. The van der Waals surface area contributed by atoms with E-state index in [0.717, 1.165) is 46.5 Å². The molecule has 0 saturated carbocycles. The van der Waals surface area contributed by atoms with E-state index in [0.29, 0.717) is 5.75 Å². The summed E-state index contributed by atoms with van der Waals surface area (Å²) in [6.07, 6.45) is 3.63. The lowest BCUT2D eigenvalue weighted by Crippen LogP contribution is -2.34. The number of aromatic hydroxyl groups is 1. The van der Waals surface area contributed by atoms with Gasteiger partial charge in [-0.25, -0.2) is 0 Å². The first kappa shape index (κ1) is 18.6. The van der Waals surface area contributed by atoms with E-state index in [1.807, 2.05) is 36.4 Å². The van der Waals surface area contributed by atoms with Crippen LogP contribution in [0.25, 0.3) is 10.8 Å². The fraction of sp³-hybridized carbons (Fsp3) is 0.333. The number of phenols is 1. The highest BCUT2D eigenvalue weighted by Gasteiger charge is 2.27. The van der Waals surface area contributed by atoms with Crippen LogP contribution in [0.5, 0.6) is 17.2 Å². The van der Waals surface area contributed by atoms with Crippen molar-refractivity contribution in [3.05, 3.63) is 65.7 Å². The summed E-state index contributed by atoms with van der Waals surface area (Å²) < 4.78 is 10.9. The normalized spacial score (nSPS) is 16.1. The monoisotopic (exact) mass is 377 g/mol. The first-order valence-corrected chi connectivity index (χ1v) is 9.89. The number of ether oxygens (including phenoxy) is 2. The number of phenolic OH excluding ortho intramolecular Hbond substituents is 1. The fourth-order valence-electron chi connectivity index (χ4n) is 4.30. The third kappa shape index (κ3) is 3.40. The summed E-state index contributed by atoms with van der Waals surface area (Å²) in [6.45, 7) is 2.05. The van der Waals surface area contributed by atoms with Crippen molar-refractivity contribution in [2.75, 3.05) is 27.3 Å². The number of rotatable bonds is 5. The van der Waals surface area contributed by atoms with Crippen molar-refractivity contribution in [3.8, 4) is 17.2 Å². The Labute approximate surface area is 166 Å². The van der Waals surface area contributed by atoms with Crippen LogP contribution in [0.15, 0.2) is 54.6 Å². The quantitative estimate of drug-likeness (QED) is 0.669. The fourth-order valence-corrected chi connectivity index (χ4v) is 4.30. The standard InChI is InChI=1S/C24H27NO3/c1-27-18-9-6-8-17(16-18)23(25-14-4-3-5-15-25)21-13-12-19-20(24(21)26)10-7-11-22(19)28-2/h6-13,16,23,26H,3-5,14-15H2,1-2H3/t23-/m0/s1.